The molecule has 0 saturated heterocycles. The molecule has 3 unspecified atom stereocenters. The fourth-order valence-corrected chi connectivity index (χ4v) is 4.75. The van der Waals surface area contributed by atoms with Gasteiger partial charge in [-0.15, -0.1) is 0 Å². The highest BCUT2D eigenvalue weighted by Crippen LogP contribution is 2.46. The molecule has 0 spiro atoms. The monoisotopic (exact) mass is 257 g/mol. The molecule has 1 nitrogen and oxygen atoms in total. The van der Waals surface area contributed by atoms with Gasteiger partial charge in [0.2, 0.25) is 0 Å². The molecule has 1 aromatic rings. The lowest BCUT2D eigenvalue weighted by atomic mass is 9.77. The summed E-state index contributed by atoms with van der Waals surface area (Å²) in [5, 5.41) is 3.63. The van der Waals surface area contributed by atoms with Crippen molar-refractivity contribution in [2.75, 3.05) is 7.05 Å². The molecule has 1 N–H and O–H groups in total. The zero-order valence-corrected chi connectivity index (χ0v) is 12.5. The van der Waals surface area contributed by atoms with Crippen LogP contribution in [0.4, 0.5) is 0 Å². The maximum absolute atomic E-state index is 3.63. The average molecular weight is 257 g/mol. The number of hydrogen-bond acceptors (Lipinski definition) is 1. The third-order valence-electron chi connectivity index (χ3n) is 5.55. The van der Waals surface area contributed by atoms with Crippen LogP contribution in [0.1, 0.15) is 37.8 Å². The van der Waals surface area contributed by atoms with Gasteiger partial charge in [-0.05, 0) is 67.5 Å². The predicted octanol–water partition coefficient (Wildman–Crippen LogP) is 3.67. The number of nitrogens with one attached hydrogen (secondary N) is 1. The minimum absolute atomic E-state index is 0.687. The highest BCUT2D eigenvalue weighted by atomic mass is 14.9. The van der Waals surface area contributed by atoms with Gasteiger partial charge in [0.15, 0.2) is 0 Å². The molecule has 0 heterocycles. The highest BCUT2D eigenvalue weighted by molar-refractivity contribution is 5.30. The summed E-state index contributed by atoms with van der Waals surface area (Å²) >= 11 is 0. The van der Waals surface area contributed by atoms with E-state index in [0.29, 0.717) is 6.04 Å². The smallest absolute Gasteiger partial charge is 0.0121 e. The van der Waals surface area contributed by atoms with Crippen LogP contribution in [-0.2, 0) is 12.8 Å². The van der Waals surface area contributed by atoms with E-state index in [-0.39, 0.29) is 0 Å². The standard InChI is InChI=1S/C18H27N/c1-12(2)18(19-3)17-15-8-9-16(17)11-14-7-5-4-6-13(14)10-15/h4-7,12,15-19H,8-11H2,1-3H3. The van der Waals surface area contributed by atoms with Crippen LogP contribution in [0.3, 0.4) is 0 Å². The van der Waals surface area contributed by atoms with E-state index in [1.807, 2.05) is 0 Å². The van der Waals surface area contributed by atoms with E-state index >= 15 is 0 Å². The molecule has 19 heavy (non-hydrogen) atoms. The Morgan fingerprint density at radius 1 is 1.00 bits per heavy atom. The van der Waals surface area contributed by atoms with Crippen molar-refractivity contribution < 1.29 is 0 Å². The van der Waals surface area contributed by atoms with Crippen molar-refractivity contribution in [1.82, 2.24) is 5.32 Å². The topological polar surface area (TPSA) is 12.0 Å². The summed E-state index contributed by atoms with van der Waals surface area (Å²) < 4.78 is 0. The van der Waals surface area contributed by atoms with Crippen molar-refractivity contribution in [3.05, 3.63) is 35.4 Å². The van der Waals surface area contributed by atoms with Gasteiger partial charge in [-0.25, -0.2) is 0 Å². The fraction of sp³-hybridized carbons (Fsp3) is 0.667. The van der Waals surface area contributed by atoms with Crippen molar-refractivity contribution in [2.24, 2.45) is 23.7 Å². The quantitative estimate of drug-likeness (QED) is 0.871. The molecule has 0 radical (unpaired) electrons. The van der Waals surface area contributed by atoms with Crippen molar-refractivity contribution in [3.8, 4) is 0 Å². The molecule has 1 saturated carbocycles. The van der Waals surface area contributed by atoms with E-state index in [9.17, 15) is 0 Å². The van der Waals surface area contributed by atoms with Crippen LogP contribution in [0.25, 0.3) is 0 Å². The van der Waals surface area contributed by atoms with Crippen LogP contribution in [0, 0.1) is 23.7 Å². The zero-order valence-electron chi connectivity index (χ0n) is 12.5. The highest BCUT2D eigenvalue weighted by Gasteiger charge is 2.43. The van der Waals surface area contributed by atoms with Crippen molar-refractivity contribution in [2.45, 2.75) is 45.6 Å². The largest absolute Gasteiger partial charge is 0.316 e. The minimum atomic E-state index is 0.687. The van der Waals surface area contributed by atoms with E-state index < -0.39 is 0 Å². The first-order valence-corrected chi connectivity index (χ1v) is 7.94. The van der Waals surface area contributed by atoms with Gasteiger partial charge in [0.05, 0.1) is 0 Å². The fourth-order valence-electron chi connectivity index (χ4n) is 4.75. The zero-order chi connectivity index (χ0) is 13.4. The third-order valence-corrected chi connectivity index (χ3v) is 5.55. The van der Waals surface area contributed by atoms with E-state index in [1.54, 1.807) is 11.1 Å². The Morgan fingerprint density at radius 3 is 1.95 bits per heavy atom. The Labute approximate surface area is 117 Å². The molecule has 2 bridgehead atoms. The Hall–Kier alpha value is -0.820. The van der Waals surface area contributed by atoms with Gasteiger partial charge in [0.1, 0.15) is 0 Å². The normalized spacial score (nSPS) is 31.1. The number of fused-ring (bicyclic) bond motifs is 3. The SMILES string of the molecule is CNC(C(C)C)C1C2CCC1Cc1ccccc1C2. The maximum atomic E-state index is 3.63. The van der Waals surface area contributed by atoms with Gasteiger partial charge in [-0.2, -0.15) is 0 Å². The van der Waals surface area contributed by atoms with E-state index in [0.717, 1.165) is 23.7 Å². The van der Waals surface area contributed by atoms with Crippen molar-refractivity contribution >= 4 is 0 Å². The molecule has 2 aliphatic carbocycles. The summed E-state index contributed by atoms with van der Waals surface area (Å²) in [4.78, 5) is 0. The number of rotatable bonds is 3. The molecule has 0 aromatic heterocycles. The number of hydrogen-bond donors (Lipinski definition) is 1. The van der Waals surface area contributed by atoms with Crippen LogP contribution >= 0.6 is 0 Å². The maximum Gasteiger partial charge on any atom is 0.0121 e. The van der Waals surface area contributed by atoms with E-state index in [1.165, 1.54) is 25.7 Å². The first-order chi connectivity index (χ1) is 9.20. The molecule has 0 aliphatic heterocycles. The first-order valence-electron chi connectivity index (χ1n) is 7.94. The molecule has 3 rings (SSSR count). The van der Waals surface area contributed by atoms with Gasteiger partial charge < -0.3 is 5.32 Å². The first kappa shape index (κ1) is 13.2. The van der Waals surface area contributed by atoms with Crippen LogP contribution in [0.2, 0.25) is 0 Å². The van der Waals surface area contributed by atoms with Crippen molar-refractivity contribution in [1.29, 1.82) is 0 Å². The summed E-state index contributed by atoms with van der Waals surface area (Å²) in [7, 11) is 2.15. The molecule has 1 aromatic carbocycles. The van der Waals surface area contributed by atoms with Gasteiger partial charge in [-0.1, -0.05) is 38.1 Å². The molecule has 2 aliphatic rings. The van der Waals surface area contributed by atoms with Crippen LogP contribution < -0.4 is 5.32 Å². The minimum Gasteiger partial charge on any atom is -0.316 e. The summed E-state index contributed by atoms with van der Waals surface area (Å²) in [5.41, 5.74) is 3.25. The number of benzene rings is 1. The van der Waals surface area contributed by atoms with Crippen LogP contribution in [0.5, 0.6) is 0 Å². The lowest BCUT2D eigenvalue weighted by Crippen LogP contribution is -2.42. The third kappa shape index (κ3) is 2.33. The Morgan fingerprint density at radius 2 is 1.53 bits per heavy atom. The lowest BCUT2D eigenvalue weighted by Gasteiger charge is -2.34. The Kier molecular flexibility index (Phi) is 3.66. The second kappa shape index (κ2) is 5.28. The molecule has 1 fully saturated rings. The summed E-state index contributed by atoms with van der Waals surface area (Å²) in [5.74, 6) is 3.40. The molecule has 1 heteroatoms. The second-order valence-corrected chi connectivity index (χ2v) is 6.91. The molecule has 104 valence electrons. The van der Waals surface area contributed by atoms with Crippen molar-refractivity contribution in [3.63, 3.8) is 0 Å². The summed E-state index contributed by atoms with van der Waals surface area (Å²) in [6.07, 6.45) is 5.49. The Balaban J connectivity index is 1.91. The second-order valence-electron chi connectivity index (χ2n) is 6.91. The van der Waals surface area contributed by atoms with Gasteiger partial charge in [0.25, 0.3) is 0 Å². The van der Waals surface area contributed by atoms with Gasteiger partial charge in [0, 0.05) is 6.04 Å². The predicted molar refractivity (Wildman–Crippen MR) is 81.2 cm³/mol. The molecule has 3 atom stereocenters. The molecular formula is C18H27N. The van der Waals surface area contributed by atoms with Crippen LogP contribution in [-0.4, -0.2) is 13.1 Å². The summed E-state index contributed by atoms with van der Waals surface area (Å²) in [6.45, 7) is 4.75. The summed E-state index contributed by atoms with van der Waals surface area (Å²) in [6, 6.07) is 9.83. The van der Waals surface area contributed by atoms with E-state index in [2.05, 4.69) is 50.5 Å². The van der Waals surface area contributed by atoms with Gasteiger partial charge >= 0.3 is 0 Å². The molecule has 0 amide bonds. The Bertz CT molecular complexity index is 404. The van der Waals surface area contributed by atoms with Gasteiger partial charge in [-0.3, -0.25) is 0 Å². The molecular weight excluding hydrogens is 230 g/mol. The van der Waals surface area contributed by atoms with Crippen LogP contribution in [0.15, 0.2) is 24.3 Å². The average Bonchev–Trinajstić information content (AvgIpc) is 2.67. The van der Waals surface area contributed by atoms with E-state index in [4.69, 9.17) is 0 Å². The lowest BCUT2D eigenvalue weighted by molar-refractivity contribution is 0.197.